The molecule has 0 fully saturated rings. The fraction of sp³-hybridized carbons (Fsp3) is 0.227. The van der Waals surface area contributed by atoms with E-state index in [1.165, 1.54) is 10.6 Å². The van der Waals surface area contributed by atoms with Crippen LogP contribution >= 0.6 is 23.1 Å². The Morgan fingerprint density at radius 2 is 1.94 bits per heavy atom. The number of nitrogens with two attached hydrogens (primary N) is 1. The molecule has 0 saturated heterocycles. The summed E-state index contributed by atoms with van der Waals surface area (Å²) in [7, 11) is -3.99. The molecule has 162 valence electrons. The zero-order valence-electron chi connectivity index (χ0n) is 17.1. The number of benzene rings is 2. The number of hydrogen-bond acceptors (Lipinski definition) is 6. The molecule has 0 atom stereocenters. The van der Waals surface area contributed by atoms with Gasteiger partial charge >= 0.3 is 0 Å². The first kappa shape index (κ1) is 21.9. The van der Waals surface area contributed by atoms with E-state index >= 15 is 0 Å². The van der Waals surface area contributed by atoms with E-state index in [2.05, 4.69) is 28.5 Å². The second-order valence-electron chi connectivity index (χ2n) is 7.14. The van der Waals surface area contributed by atoms with Crippen LogP contribution in [0.3, 0.4) is 0 Å². The van der Waals surface area contributed by atoms with Crippen LogP contribution in [0.2, 0.25) is 0 Å². The summed E-state index contributed by atoms with van der Waals surface area (Å²) in [6, 6.07) is 16.3. The quantitative estimate of drug-likeness (QED) is 0.393. The Kier molecular flexibility index (Phi) is 6.38. The van der Waals surface area contributed by atoms with E-state index in [0.29, 0.717) is 18.7 Å². The van der Waals surface area contributed by atoms with E-state index in [4.69, 9.17) is 10.3 Å². The lowest BCUT2D eigenvalue weighted by atomic mass is 10.3. The van der Waals surface area contributed by atoms with Gasteiger partial charge < -0.3 is 10.6 Å². The molecule has 0 saturated carbocycles. The highest BCUT2D eigenvalue weighted by molar-refractivity contribution is 8.03. The van der Waals surface area contributed by atoms with Crippen molar-refractivity contribution in [2.24, 2.45) is 5.73 Å². The van der Waals surface area contributed by atoms with Crippen molar-refractivity contribution in [3.05, 3.63) is 70.3 Å². The molecule has 1 aromatic heterocycles. The first-order valence-electron chi connectivity index (χ1n) is 9.95. The summed E-state index contributed by atoms with van der Waals surface area (Å²) in [4.78, 5) is 3.46. The molecular formula is C22H24N3O3S3+. The molecule has 0 radical (unpaired) electrons. The van der Waals surface area contributed by atoms with E-state index in [-0.39, 0.29) is 5.75 Å². The highest BCUT2D eigenvalue weighted by Gasteiger charge is 2.24. The van der Waals surface area contributed by atoms with Crippen molar-refractivity contribution in [1.29, 1.82) is 0 Å². The standard InChI is InChI=1S/C22H23N3O3S3/c1-2-24-17-8-3-5-10-19(17)29-21(24)14-16(23)15-22-25(12-7-13-31(26,27)28)18-9-4-6-11-20(18)30-22/h3-6,8-11,14-15,23H,2,7,12-13H2,1H3,(H,26,27,28)/p+1. The fourth-order valence-corrected chi connectivity index (χ4v) is 6.44. The average Bonchev–Trinajstić information content (AvgIpc) is 3.24. The fourth-order valence-electron chi connectivity index (χ4n) is 3.61. The molecule has 4 rings (SSSR count). The van der Waals surface area contributed by atoms with Gasteiger partial charge in [-0.25, -0.2) is 0 Å². The van der Waals surface area contributed by atoms with Crippen LogP contribution in [0, 0.1) is 0 Å². The molecule has 0 spiro atoms. The van der Waals surface area contributed by atoms with Crippen molar-refractivity contribution >= 4 is 55.2 Å². The molecule has 3 N–H and O–H groups in total. The van der Waals surface area contributed by atoms with Gasteiger partial charge in [-0.3, -0.25) is 4.55 Å². The highest BCUT2D eigenvalue weighted by Crippen LogP contribution is 2.45. The third-order valence-corrected chi connectivity index (χ3v) is 7.98. The van der Waals surface area contributed by atoms with Gasteiger partial charge in [0.1, 0.15) is 4.70 Å². The van der Waals surface area contributed by atoms with Crippen LogP contribution in [-0.4, -0.2) is 25.3 Å². The molecule has 2 heterocycles. The maximum atomic E-state index is 11.1. The predicted octanol–water partition coefficient (Wildman–Crippen LogP) is 4.24. The van der Waals surface area contributed by atoms with Gasteiger partial charge in [-0.1, -0.05) is 47.4 Å². The van der Waals surface area contributed by atoms with Gasteiger partial charge in [0, 0.05) is 35.7 Å². The molecule has 2 aromatic carbocycles. The molecule has 3 aromatic rings. The minimum absolute atomic E-state index is 0.271. The van der Waals surface area contributed by atoms with E-state index in [9.17, 15) is 8.42 Å². The Morgan fingerprint density at radius 1 is 1.19 bits per heavy atom. The Morgan fingerprint density at radius 3 is 2.71 bits per heavy atom. The summed E-state index contributed by atoms with van der Waals surface area (Å²) < 4.78 is 34.5. The Labute approximate surface area is 190 Å². The summed E-state index contributed by atoms with van der Waals surface area (Å²) in [6.45, 7) is 3.44. The number of thiazole rings is 1. The molecule has 1 aliphatic rings. The third kappa shape index (κ3) is 4.95. The predicted molar refractivity (Wildman–Crippen MR) is 129 cm³/mol. The SMILES string of the molecule is CCN1C(=CC(N)=Cc2sc3ccccc3[n+]2CCCS(=O)(=O)O)Sc2ccccc21. The van der Waals surface area contributed by atoms with Crippen molar-refractivity contribution in [3.8, 4) is 0 Å². The molecule has 0 bridgehead atoms. The number of hydrogen-bond donors (Lipinski definition) is 2. The lowest BCUT2D eigenvalue weighted by Crippen LogP contribution is -2.36. The summed E-state index contributed by atoms with van der Waals surface area (Å²) in [5.74, 6) is -0.271. The summed E-state index contributed by atoms with van der Waals surface area (Å²) >= 11 is 3.31. The number of aryl methyl sites for hydroxylation is 1. The normalized spacial score (nSPS) is 15.7. The molecule has 0 aliphatic carbocycles. The number of para-hydroxylation sites is 2. The zero-order valence-corrected chi connectivity index (χ0v) is 19.5. The van der Waals surface area contributed by atoms with Crippen LogP contribution in [0.5, 0.6) is 0 Å². The van der Waals surface area contributed by atoms with Crippen LogP contribution < -0.4 is 15.2 Å². The Bertz CT molecular complexity index is 1280. The topological polar surface area (TPSA) is 87.5 Å². The van der Waals surface area contributed by atoms with E-state index in [1.54, 1.807) is 23.1 Å². The van der Waals surface area contributed by atoms with Crippen LogP contribution in [-0.2, 0) is 16.7 Å². The van der Waals surface area contributed by atoms with Crippen molar-refractivity contribution in [1.82, 2.24) is 0 Å². The van der Waals surface area contributed by atoms with Crippen LogP contribution in [0.25, 0.3) is 16.3 Å². The maximum absolute atomic E-state index is 11.1. The van der Waals surface area contributed by atoms with Crippen molar-refractivity contribution < 1.29 is 17.5 Å². The van der Waals surface area contributed by atoms with Crippen molar-refractivity contribution in [2.75, 3.05) is 17.2 Å². The first-order valence-corrected chi connectivity index (χ1v) is 13.2. The van der Waals surface area contributed by atoms with Gasteiger partial charge in [-0.2, -0.15) is 13.0 Å². The van der Waals surface area contributed by atoms with Gasteiger partial charge in [0.25, 0.3) is 15.1 Å². The third-order valence-electron chi connectivity index (χ3n) is 4.95. The maximum Gasteiger partial charge on any atom is 0.265 e. The van der Waals surface area contributed by atoms with Gasteiger partial charge in [0.05, 0.1) is 16.5 Å². The van der Waals surface area contributed by atoms with Crippen LogP contribution in [0.4, 0.5) is 5.69 Å². The number of aromatic nitrogens is 1. The molecular weight excluding hydrogens is 450 g/mol. The van der Waals surface area contributed by atoms with E-state index in [1.807, 2.05) is 48.6 Å². The summed E-state index contributed by atoms with van der Waals surface area (Å²) in [5.41, 5.74) is 9.27. The first-order chi connectivity index (χ1) is 14.9. The smallest absolute Gasteiger partial charge is 0.265 e. The molecule has 0 amide bonds. The lowest BCUT2D eigenvalue weighted by Gasteiger charge is -2.17. The number of allylic oxidation sites excluding steroid dienone is 1. The lowest BCUT2D eigenvalue weighted by molar-refractivity contribution is -0.668. The van der Waals surface area contributed by atoms with E-state index < -0.39 is 10.1 Å². The monoisotopic (exact) mass is 474 g/mol. The van der Waals surface area contributed by atoms with Gasteiger partial charge in [0.2, 0.25) is 5.52 Å². The molecule has 31 heavy (non-hydrogen) atoms. The number of nitrogens with zero attached hydrogens (tertiary/aromatic N) is 2. The summed E-state index contributed by atoms with van der Waals surface area (Å²) in [6.07, 6.45) is 4.24. The molecule has 1 aliphatic heterocycles. The Balaban J connectivity index is 1.65. The molecule has 0 unspecified atom stereocenters. The summed E-state index contributed by atoms with van der Waals surface area (Å²) in [5, 5.41) is 2.02. The number of thioether (sulfide) groups is 1. The Hall–Kier alpha value is -2.33. The second-order valence-corrected chi connectivity index (χ2v) is 10.8. The minimum Gasteiger partial charge on any atom is -0.398 e. The highest BCUT2D eigenvalue weighted by atomic mass is 32.2. The van der Waals surface area contributed by atoms with Crippen LogP contribution in [0.1, 0.15) is 18.4 Å². The molecule has 6 nitrogen and oxygen atoms in total. The van der Waals surface area contributed by atoms with Crippen molar-refractivity contribution in [3.63, 3.8) is 0 Å². The minimum atomic E-state index is -3.99. The van der Waals surface area contributed by atoms with Gasteiger partial charge in [0.15, 0.2) is 6.54 Å². The van der Waals surface area contributed by atoms with Crippen molar-refractivity contribution in [2.45, 2.75) is 24.8 Å². The average molecular weight is 475 g/mol. The number of rotatable bonds is 7. The van der Waals surface area contributed by atoms with Gasteiger partial charge in [-0.05, 0) is 31.2 Å². The number of fused-ring (bicyclic) bond motifs is 2. The zero-order chi connectivity index (χ0) is 22.0. The van der Waals surface area contributed by atoms with E-state index in [0.717, 1.165) is 26.8 Å². The van der Waals surface area contributed by atoms with Gasteiger partial charge in [-0.15, -0.1) is 0 Å². The van der Waals surface area contributed by atoms with Crippen LogP contribution in [0.15, 0.2) is 70.2 Å². The molecule has 9 heteroatoms. The second kappa shape index (κ2) is 9.04. The largest absolute Gasteiger partial charge is 0.398 e. The number of anilines is 1.